The van der Waals surface area contributed by atoms with Crippen molar-refractivity contribution < 1.29 is 0 Å². The minimum Gasteiger partial charge on any atom is -0.245 e. The number of rotatable bonds is 2. The molecule has 1 aliphatic rings. The van der Waals surface area contributed by atoms with E-state index in [0.29, 0.717) is 0 Å². The van der Waals surface area contributed by atoms with Crippen LogP contribution in [0.2, 0.25) is 10.0 Å². The van der Waals surface area contributed by atoms with E-state index in [1.54, 1.807) is 11.8 Å². The van der Waals surface area contributed by atoms with E-state index in [1.807, 2.05) is 48.2 Å². The molecular formula is C16H13Cl2NS2. The number of hydrogen-bond donors (Lipinski definition) is 0. The average molecular weight is 354 g/mol. The minimum absolute atomic E-state index is 0.732. The highest BCUT2D eigenvalue weighted by Crippen LogP contribution is 2.37. The third-order valence-corrected chi connectivity index (χ3v) is 5.84. The van der Waals surface area contributed by atoms with Crippen molar-refractivity contribution in [1.29, 1.82) is 0 Å². The number of benzene rings is 2. The van der Waals surface area contributed by atoms with Crippen LogP contribution in [0.3, 0.4) is 0 Å². The Morgan fingerprint density at radius 1 is 1.14 bits per heavy atom. The highest BCUT2D eigenvalue weighted by molar-refractivity contribution is 8.13. The molecular weight excluding hydrogens is 341 g/mol. The molecule has 0 aliphatic carbocycles. The van der Waals surface area contributed by atoms with Gasteiger partial charge in [0.2, 0.25) is 0 Å². The lowest BCUT2D eigenvalue weighted by molar-refractivity contribution is 1.33. The second-order valence-corrected chi connectivity index (χ2v) is 7.63. The van der Waals surface area contributed by atoms with Gasteiger partial charge in [0.15, 0.2) is 0 Å². The molecule has 0 N–H and O–H groups in total. The van der Waals surface area contributed by atoms with Crippen LogP contribution in [0.5, 0.6) is 0 Å². The summed E-state index contributed by atoms with van der Waals surface area (Å²) in [7, 11) is 0. The predicted molar refractivity (Wildman–Crippen MR) is 96.6 cm³/mol. The van der Waals surface area contributed by atoms with Crippen molar-refractivity contribution in [3.8, 4) is 0 Å². The zero-order chi connectivity index (χ0) is 14.7. The van der Waals surface area contributed by atoms with Gasteiger partial charge in [-0.15, -0.1) is 23.5 Å². The van der Waals surface area contributed by atoms with Crippen molar-refractivity contribution >= 4 is 57.5 Å². The van der Waals surface area contributed by atoms with Crippen LogP contribution >= 0.6 is 46.7 Å². The van der Waals surface area contributed by atoms with Crippen molar-refractivity contribution in [2.24, 2.45) is 4.99 Å². The molecule has 5 heteroatoms. The van der Waals surface area contributed by atoms with Gasteiger partial charge in [-0.2, -0.15) is 0 Å². The van der Waals surface area contributed by atoms with E-state index in [-0.39, 0.29) is 0 Å². The van der Waals surface area contributed by atoms with Crippen LogP contribution in [0.4, 0.5) is 5.69 Å². The van der Waals surface area contributed by atoms with Gasteiger partial charge in [-0.05, 0) is 29.8 Å². The molecule has 0 radical (unpaired) electrons. The van der Waals surface area contributed by atoms with Crippen LogP contribution in [-0.4, -0.2) is 10.8 Å². The van der Waals surface area contributed by atoms with Gasteiger partial charge in [0.05, 0.1) is 10.7 Å². The molecule has 0 atom stereocenters. The number of fused-ring (bicyclic) bond motifs is 1. The van der Waals surface area contributed by atoms with Crippen LogP contribution in [0.25, 0.3) is 0 Å². The summed E-state index contributed by atoms with van der Waals surface area (Å²) in [4.78, 5) is 5.98. The van der Waals surface area contributed by atoms with Crippen molar-refractivity contribution in [3.63, 3.8) is 0 Å². The fourth-order valence-corrected chi connectivity index (χ4v) is 4.51. The maximum Gasteiger partial charge on any atom is 0.0789 e. The van der Waals surface area contributed by atoms with Crippen LogP contribution in [0.15, 0.2) is 52.4 Å². The third-order valence-electron chi connectivity index (χ3n) is 3.09. The SMILES string of the molecule is Clc1ccc2c(c1)N=C(SCc1ccccc1Cl)CCS2. The molecule has 3 rings (SSSR count). The van der Waals surface area contributed by atoms with E-state index in [4.69, 9.17) is 28.2 Å². The first kappa shape index (κ1) is 15.3. The summed E-state index contributed by atoms with van der Waals surface area (Å²) >= 11 is 15.9. The number of nitrogens with zero attached hydrogens (tertiary/aromatic N) is 1. The first-order chi connectivity index (χ1) is 10.2. The summed E-state index contributed by atoms with van der Waals surface area (Å²) in [5.41, 5.74) is 2.13. The smallest absolute Gasteiger partial charge is 0.0789 e. The predicted octanol–water partition coefficient (Wildman–Crippen LogP) is 6.45. The zero-order valence-electron chi connectivity index (χ0n) is 11.2. The van der Waals surface area contributed by atoms with Gasteiger partial charge in [0.1, 0.15) is 0 Å². The lowest BCUT2D eigenvalue weighted by atomic mass is 10.2. The highest BCUT2D eigenvalue weighted by Gasteiger charge is 2.12. The van der Waals surface area contributed by atoms with Gasteiger partial charge in [-0.1, -0.05) is 41.4 Å². The van der Waals surface area contributed by atoms with Crippen LogP contribution in [0.1, 0.15) is 12.0 Å². The van der Waals surface area contributed by atoms with Crippen LogP contribution in [0, 0.1) is 0 Å². The second kappa shape index (κ2) is 7.10. The van der Waals surface area contributed by atoms with Crippen molar-refractivity contribution in [3.05, 3.63) is 58.1 Å². The van der Waals surface area contributed by atoms with E-state index in [2.05, 4.69) is 6.07 Å². The lowest BCUT2D eigenvalue weighted by Gasteiger charge is -2.05. The van der Waals surface area contributed by atoms with Gasteiger partial charge < -0.3 is 0 Å². The topological polar surface area (TPSA) is 12.4 Å². The van der Waals surface area contributed by atoms with Crippen molar-refractivity contribution in [1.82, 2.24) is 0 Å². The zero-order valence-corrected chi connectivity index (χ0v) is 14.3. The molecule has 0 aromatic heterocycles. The van der Waals surface area contributed by atoms with E-state index in [0.717, 1.165) is 44.3 Å². The van der Waals surface area contributed by atoms with Gasteiger partial charge in [-0.3, -0.25) is 0 Å². The average Bonchev–Trinajstić information content (AvgIpc) is 2.67. The number of hydrogen-bond acceptors (Lipinski definition) is 3. The second-order valence-electron chi connectivity index (χ2n) is 4.60. The molecule has 2 aromatic carbocycles. The summed E-state index contributed by atoms with van der Waals surface area (Å²) < 4.78 is 0. The Kier molecular flexibility index (Phi) is 5.17. The summed E-state index contributed by atoms with van der Waals surface area (Å²) in [5.74, 6) is 1.89. The monoisotopic (exact) mass is 353 g/mol. The number of halogens is 2. The summed E-state index contributed by atoms with van der Waals surface area (Å²) in [5, 5.41) is 2.69. The number of thioether (sulfide) groups is 2. The Labute approximate surface area is 143 Å². The molecule has 1 nitrogen and oxygen atoms in total. The fraction of sp³-hybridized carbons (Fsp3) is 0.188. The maximum absolute atomic E-state index is 6.20. The molecule has 1 aliphatic heterocycles. The molecule has 21 heavy (non-hydrogen) atoms. The van der Waals surface area contributed by atoms with Gasteiger partial charge in [0, 0.05) is 32.9 Å². The number of aliphatic imine (C=N–C) groups is 1. The van der Waals surface area contributed by atoms with E-state index >= 15 is 0 Å². The van der Waals surface area contributed by atoms with Gasteiger partial charge in [-0.25, -0.2) is 4.99 Å². The molecule has 0 saturated heterocycles. The molecule has 0 spiro atoms. The largest absolute Gasteiger partial charge is 0.245 e. The minimum atomic E-state index is 0.732. The Bertz CT molecular complexity index is 686. The standard InChI is InChI=1S/C16H13Cl2NS2/c17-12-5-6-15-14(9-12)19-16(7-8-20-15)21-10-11-3-1-2-4-13(11)18/h1-6,9H,7-8,10H2. The first-order valence-corrected chi connectivity index (χ1v) is 9.31. The molecule has 2 aromatic rings. The molecule has 0 amide bonds. The quantitative estimate of drug-likeness (QED) is 0.614. The lowest BCUT2D eigenvalue weighted by Crippen LogP contribution is -1.94. The maximum atomic E-state index is 6.20. The Balaban J connectivity index is 1.78. The third kappa shape index (κ3) is 3.98. The highest BCUT2D eigenvalue weighted by atomic mass is 35.5. The van der Waals surface area contributed by atoms with Crippen molar-refractivity contribution in [2.45, 2.75) is 17.1 Å². The van der Waals surface area contributed by atoms with Gasteiger partial charge in [0.25, 0.3) is 0 Å². The fourth-order valence-electron chi connectivity index (χ4n) is 2.02. The summed E-state index contributed by atoms with van der Waals surface area (Å²) in [6.45, 7) is 0. The molecule has 0 bridgehead atoms. The summed E-state index contributed by atoms with van der Waals surface area (Å²) in [6, 6.07) is 13.9. The van der Waals surface area contributed by atoms with E-state index in [9.17, 15) is 0 Å². The Hall–Kier alpha value is -0.610. The molecule has 1 heterocycles. The van der Waals surface area contributed by atoms with Crippen molar-refractivity contribution in [2.75, 3.05) is 5.75 Å². The molecule has 0 saturated carbocycles. The van der Waals surface area contributed by atoms with Crippen LogP contribution in [-0.2, 0) is 5.75 Å². The van der Waals surface area contributed by atoms with Gasteiger partial charge >= 0.3 is 0 Å². The van der Waals surface area contributed by atoms with E-state index < -0.39 is 0 Å². The molecule has 108 valence electrons. The molecule has 0 fully saturated rings. The summed E-state index contributed by atoms with van der Waals surface area (Å²) in [6.07, 6.45) is 0.978. The first-order valence-electron chi connectivity index (χ1n) is 6.58. The van der Waals surface area contributed by atoms with E-state index in [1.165, 1.54) is 4.90 Å². The normalized spacial score (nSPS) is 14.3. The Morgan fingerprint density at radius 2 is 2.00 bits per heavy atom. The Morgan fingerprint density at radius 3 is 2.86 bits per heavy atom. The molecule has 0 unspecified atom stereocenters. The van der Waals surface area contributed by atoms with Crippen LogP contribution < -0.4 is 0 Å².